The lowest BCUT2D eigenvalue weighted by Gasteiger charge is -2.18. The van der Waals surface area contributed by atoms with Crippen LogP contribution in [0, 0.1) is 0 Å². The van der Waals surface area contributed by atoms with Gasteiger partial charge in [0.2, 0.25) is 0 Å². The number of unbranched alkanes of at least 4 members (excludes halogenated alkanes) is 20. The smallest absolute Gasteiger partial charge is 0.306 e. The SMILES string of the molecule is CC/C=C\C/C=C\C/C=C\C/C=C\C/C=C\C/C=C\C/C=C\C/C=C\CCCCC(=O)OCC(COC(=O)CCCCCCCCCCCCCCCCC)OC(=O)CCCCCC/C=C\C/C=C\C/C=C\C/C=C\C/C=C\C/C=C\CC. The highest BCUT2D eigenvalue weighted by Crippen LogP contribution is 2.15. The largest absolute Gasteiger partial charge is 0.462 e. The summed E-state index contributed by atoms with van der Waals surface area (Å²) >= 11 is 0. The van der Waals surface area contributed by atoms with Crippen LogP contribution < -0.4 is 0 Å². The second-order valence-corrected chi connectivity index (χ2v) is 21.6. The Balaban J connectivity index is 4.53. The van der Waals surface area contributed by atoms with Crippen LogP contribution in [0.25, 0.3) is 0 Å². The van der Waals surface area contributed by atoms with Crippen LogP contribution in [0.1, 0.15) is 278 Å². The minimum atomic E-state index is -0.820. The molecule has 1 unspecified atom stereocenters. The molecular weight excluding hydrogens is 1020 g/mol. The minimum Gasteiger partial charge on any atom is -0.462 e. The first-order valence-corrected chi connectivity index (χ1v) is 33.6. The van der Waals surface area contributed by atoms with E-state index in [2.05, 4.69) is 191 Å². The Morgan fingerprint density at radius 2 is 0.470 bits per heavy atom. The molecule has 0 saturated carbocycles. The number of hydrogen-bond donors (Lipinski definition) is 0. The molecule has 6 heteroatoms. The van der Waals surface area contributed by atoms with Gasteiger partial charge in [0, 0.05) is 19.3 Å². The molecule has 0 aromatic heterocycles. The summed E-state index contributed by atoms with van der Waals surface area (Å²) in [7, 11) is 0. The standard InChI is InChI=1S/C77H122O6/c1-4-7-10-13-16-19-22-25-28-30-32-34-36-37-38-39-41-42-44-46-49-52-55-58-61-64-67-70-76(79)82-73-74(72-81-75(78)69-66-63-60-57-54-51-48-27-24-21-18-15-12-9-6-3)83-77(80)71-68-65-62-59-56-53-50-47-45-43-40-35-33-31-29-26-23-20-17-14-11-8-5-2/h7-8,10-11,16-17,19-20,25-26,28-29,32-35,37-38,41-43,45-46,49-50,53,55,58,74H,4-6,9,12-15,18,21-24,27,30-31,36,39-40,44,47-48,51-52,54,56-57,59-73H2,1-3H3/b10-7-,11-8-,19-16-,20-17-,28-25-,29-26-,34-32-,35-33-,38-37-,42-41-,45-43-,49-46-,53-50-,58-55-. The zero-order valence-electron chi connectivity index (χ0n) is 53.4. The van der Waals surface area contributed by atoms with Gasteiger partial charge in [-0.05, 0) is 135 Å². The van der Waals surface area contributed by atoms with E-state index in [4.69, 9.17) is 14.2 Å². The van der Waals surface area contributed by atoms with Gasteiger partial charge in [-0.3, -0.25) is 14.4 Å². The predicted octanol–water partition coefficient (Wildman–Crippen LogP) is 23.4. The maximum atomic E-state index is 12.9. The number of carbonyl (C=O) groups excluding carboxylic acids is 3. The summed E-state index contributed by atoms with van der Waals surface area (Å²) in [5.41, 5.74) is 0. The van der Waals surface area contributed by atoms with Gasteiger partial charge in [0.1, 0.15) is 13.2 Å². The van der Waals surface area contributed by atoms with E-state index in [1.807, 2.05) is 0 Å². The minimum absolute atomic E-state index is 0.108. The summed E-state index contributed by atoms with van der Waals surface area (Å²) in [5.74, 6) is -0.979. The highest BCUT2D eigenvalue weighted by molar-refractivity contribution is 5.71. The molecule has 6 nitrogen and oxygen atoms in total. The third-order valence-corrected chi connectivity index (χ3v) is 13.7. The average Bonchev–Trinajstić information content (AvgIpc) is 3.49. The van der Waals surface area contributed by atoms with Crippen molar-refractivity contribution >= 4 is 17.9 Å². The fourth-order valence-corrected chi connectivity index (χ4v) is 8.76. The fraction of sp³-hybridized carbons (Fsp3) is 0.597. The molecule has 1 atom stereocenters. The van der Waals surface area contributed by atoms with E-state index in [0.29, 0.717) is 12.8 Å². The predicted molar refractivity (Wildman–Crippen MR) is 361 cm³/mol. The summed E-state index contributed by atoms with van der Waals surface area (Å²) in [4.78, 5) is 38.4. The molecule has 466 valence electrons. The van der Waals surface area contributed by atoms with Crippen molar-refractivity contribution in [3.8, 4) is 0 Å². The van der Waals surface area contributed by atoms with Crippen LogP contribution in [0.15, 0.2) is 170 Å². The van der Waals surface area contributed by atoms with Gasteiger partial charge in [0.15, 0.2) is 6.10 Å². The first-order chi connectivity index (χ1) is 41.0. The molecule has 0 rings (SSSR count). The van der Waals surface area contributed by atoms with Crippen LogP contribution in [0.3, 0.4) is 0 Å². The number of ether oxygens (including phenoxy) is 3. The Kier molecular flexibility index (Phi) is 64.9. The Labute approximate surface area is 511 Å². The van der Waals surface area contributed by atoms with Gasteiger partial charge in [0.05, 0.1) is 0 Å². The second-order valence-electron chi connectivity index (χ2n) is 21.6. The molecule has 0 heterocycles. The van der Waals surface area contributed by atoms with Crippen molar-refractivity contribution < 1.29 is 28.6 Å². The van der Waals surface area contributed by atoms with Crippen LogP contribution >= 0.6 is 0 Å². The topological polar surface area (TPSA) is 78.9 Å². The fourth-order valence-electron chi connectivity index (χ4n) is 8.76. The maximum absolute atomic E-state index is 12.9. The number of carbonyl (C=O) groups is 3. The normalized spacial score (nSPS) is 13.2. The van der Waals surface area contributed by atoms with Crippen LogP contribution in [-0.2, 0) is 28.6 Å². The molecule has 0 fully saturated rings. The molecule has 0 aromatic carbocycles. The van der Waals surface area contributed by atoms with Crippen molar-refractivity contribution in [2.45, 2.75) is 284 Å². The van der Waals surface area contributed by atoms with Gasteiger partial charge in [0.25, 0.3) is 0 Å². The lowest BCUT2D eigenvalue weighted by molar-refractivity contribution is -0.167. The summed E-state index contributed by atoms with van der Waals surface area (Å²) in [6.07, 6.45) is 102. The van der Waals surface area contributed by atoms with Gasteiger partial charge in [-0.1, -0.05) is 294 Å². The van der Waals surface area contributed by atoms with Crippen molar-refractivity contribution in [1.82, 2.24) is 0 Å². The highest BCUT2D eigenvalue weighted by atomic mass is 16.6. The monoisotopic (exact) mass is 1140 g/mol. The Morgan fingerprint density at radius 3 is 0.759 bits per heavy atom. The summed E-state index contributed by atoms with van der Waals surface area (Å²) < 4.78 is 16.9. The molecule has 83 heavy (non-hydrogen) atoms. The number of rotatable bonds is 59. The van der Waals surface area contributed by atoms with E-state index in [1.165, 1.54) is 77.0 Å². The molecule has 0 radical (unpaired) electrons. The van der Waals surface area contributed by atoms with Crippen LogP contribution in [0.5, 0.6) is 0 Å². The van der Waals surface area contributed by atoms with E-state index in [0.717, 1.165) is 154 Å². The van der Waals surface area contributed by atoms with E-state index in [-0.39, 0.29) is 44.0 Å². The first kappa shape index (κ1) is 77.8. The number of allylic oxidation sites excluding steroid dienone is 28. The van der Waals surface area contributed by atoms with Crippen molar-refractivity contribution in [3.63, 3.8) is 0 Å². The molecule has 0 N–H and O–H groups in total. The quantitative estimate of drug-likeness (QED) is 0.0261. The van der Waals surface area contributed by atoms with Gasteiger partial charge in [-0.2, -0.15) is 0 Å². The molecule has 0 aliphatic carbocycles. The Hall–Kier alpha value is -5.23. The zero-order valence-corrected chi connectivity index (χ0v) is 53.4. The Morgan fingerprint density at radius 1 is 0.253 bits per heavy atom. The van der Waals surface area contributed by atoms with Crippen molar-refractivity contribution in [2.75, 3.05) is 13.2 Å². The molecule has 0 aliphatic rings. The van der Waals surface area contributed by atoms with E-state index >= 15 is 0 Å². The first-order valence-electron chi connectivity index (χ1n) is 33.6. The molecule has 0 aliphatic heterocycles. The van der Waals surface area contributed by atoms with Gasteiger partial charge in [-0.25, -0.2) is 0 Å². The molecule has 0 amide bonds. The summed E-state index contributed by atoms with van der Waals surface area (Å²) in [6.45, 7) is 6.36. The van der Waals surface area contributed by atoms with Gasteiger partial charge in [-0.15, -0.1) is 0 Å². The molecular formula is C77H122O6. The zero-order chi connectivity index (χ0) is 59.9. The molecule has 0 bridgehead atoms. The third kappa shape index (κ3) is 67.4. The van der Waals surface area contributed by atoms with Crippen LogP contribution in [0.4, 0.5) is 0 Å². The van der Waals surface area contributed by atoms with E-state index in [9.17, 15) is 14.4 Å². The van der Waals surface area contributed by atoms with E-state index in [1.54, 1.807) is 0 Å². The summed E-state index contributed by atoms with van der Waals surface area (Å²) in [6, 6.07) is 0. The van der Waals surface area contributed by atoms with Gasteiger partial charge >= 0.3 is 17.9 Å². The Bertz CT molecular complexity index is 1890. The number of esters is 3. The third-order valence-electron chi connectivity index (χ3n) is 13.7. The van der Waals surface area contributed by atoms with Gasteiger partial charge < -0.3 is 14.2 Å². The maximum Gasteiger partial charge on any atom is 0.306 e. The molecule has 0 aromatic rings. The lowest BCUT2D eigenvalue weighted by atomic mass is 10.0. The van der Waals surface area contributed by atoms with Crippen LogP contribution in [-0.4, -0.2) is 37.2 Å². The lowest BCUT2D eigenvalue weighted by Crippen LogP contribution is -2.30. The van der Waals surface area contributed by atoms with Crippen molar-refractivity contribution in [2.24, 2.45) is 0 Å². The molecule has 0 spiro atoms. The molecule has 0 saturated heterocycles. The highest BCUT2D eigenvalue weighted by Gasteiger charge is 2.19. The number of hydrogen-bond acceptors (Lipinski definition) is 6. The summed E-state index contributed by atoms with van der Waals surface area (Å²) in [5, 5.41) is 0. The van der Waals surface area contributed by atoms with E-state index < -0.39 is 6.10 Å². The van der Waals surface area contributed by atoms with Crippen molar-refractivity contribution in [3.05, 3.63) is 170 Å². The average molecular weight is 1140 g/mol. The van der Waals surface area contributed by atoms with Crippen molar-refractivity contribution in [1.29, 1.82) is 0 Å². The second kappa shape index (κ2) is 69.3. The van der Waals surface area contributed by atoms with Crippen LogP contribution in [0.2, 0.25) is 0 Å².